The Kier molecular flexibility index (Phi) is 5.48. The third kappa shape index (κ3) is 4.39. The lowest BCUT2D eigenvalue weighted by Crippen LogP contribution is -2.25. The summed E-state index contributed by atoms with van der Waals surface area (Å²) in [6, 6.07) is 2.68. The molecule has 0 atom stereocenters. The topological polar surface area (TPSA) is 135 Å². The molecule has 0 aliphatic rings. The Morgan fingerprint density at radius 2 is 2.26 bits per heavy atom. The van der Waals surface area contributed by atoms with Crippen LogP contribution in [0.3, 0.4) is 0 Å². The zero-order valence-electron chi connectivity index (χ0n) is 10.5. The minimum absolute atomic E-state index is 0.0738. The Bertz CT molecular complexity index is 465. The molecule has 0 aromatic carbocycles. The number of nitro groups is 1. The molecule has 1 aromatic heterocycles. The van der Waals surface area contributed by atoms with Gasteiger partial charge >= 0.3 is 5.69 Å². The molecule has 0 radical (unpaired) electrons. The fourth-order valence-corrected chi connectivity index (χ4v) is 1.39. The molecule has 1 aromatic rings. The zero-order valence-corrected chi connectivity index (χ0v) is 10.5. The number of rotatable bonds is 7. The van der Waals surface area contributed by atoms with Crippen LogP contribution in [-0.4, -0.2) is 28.9 Å². The number of hydrogen-bond donors (Lipinski definition) is 4. The second kappa shape index (κ2) is 7.11. The maximum Gasteiger partial charge on any atom is 0.311 e. The fourth-order valence-electron chi connectivity index (χ4n) is 1.39. The van der Waals surface area contributed by atoms with Crippen LogP contribution in [0.1, 0.15) is 13.3 Å². The van der Waals surface area contributed by atoms with Crippen LogP contribution >= 0.6 is 0 Å². The molecule has 104 valence electrons. The normalized spacial score (nSPS) is 9.79. The Morgan fingerprint density at radius 1 is 1.53 bits per heavy atom. The molecule has 19 heavy (non-hydrogen) atoms. The van der Waals surface area contributed by atoms with E-state index in [9.17, 15) is 14.9 Å². The van der Waals surface area contributed by atoms with Crippen LogP contribution in [0.5, 0.6) is 0 Å². The first-order valence-electron chi connectivity index (χ1n) is 5.71. The number of hydrogen-bond acceptors (Lipinski definition) is 7. The van der Waals surface area contributed by atoms with Crippen molar-refractivity contribution in [3.63, 3.8) is 0 Å². The van der Waals surface area contributed by atoms with E-state index < -0.39 is 4.92 Å². The lowest BCUT2D eigenvalue weighted by atomic mass is 10.3. The van der Waals surface area contributed by atoms with E-state index in [0.29, 0.717) is 12.4 Å². The van der Waals surface area contributed by atoms with Gasteiger partial charge in [0.25, 0.3) is 0 Å². The summed E-state index contributed by atoms with van der Waals surface area (Å²) in [5.74, 6) is 5.42. The minimum atomic E-state index is -0.554. The molecule has 9 heteroatoms. The highest BCUT2D eigenvalue weighted by molar-refractivity contribution is 5.76. The van der Waals surface area contributed by atoms with Gasteiger partial charge in [0.2, 0.25) is 11.7 Å². The highest BCUT2D eigenvalue weighted by Gasteiger charge is 2.15. The molecule has 0 bridgehead atoms. The summed E-state index contributed by atoms with van der Waals surface area (Å²) in [6.45, 7) is 2.60. The number of nitrogen functional groups attached to an aromatic ring is 1. The number of nitrogens with one attached hydrogen (secondary N) is 3. The number of nitrogens with two attached hydrogens (primary N) is 1. The molecule has 1 rings (SSSR count). The monoisotopic (exact) mass is 268 g/mol. The summed E-state index contributed by atoms with van der Waals surface area (Å²) >= 11 is 0. The fraction of sp³-hybridized carbons (Fsp3) is 0.400. The maximum atomic E-state index is 11.2. The minimum Gasteiger partial charge on any atom is -0.364 e. The molecular weight excluding hydrogens is 252 g/mol. The highest BCUT2D eigenvalue weighted by Crippen LogP contribution is 2.23. The number of nitrogens with zero attached hydrogens (tertiary/aromatic N) is 2. The smallest absolute Gasteiger partial charge is 0.311 e. The predicted molar refractivity (Wildman–Crippen MR) is 70.5 cm³/mol. The Balaban J connectivity index is 2.69. The van der Waals surface area contributed by atoms with Gasteiger partial charge in [0.05, 0.1) is 4.92 Å². The predicted octanol–water partition coefficient (Wildman–Crippen LogP) is 0.214. The van der Waals surface area contributed by atoms with E-state index >= 15 is 0 Å². The summed E-state index contributed by atoms with van der Waals surface area (Å²) in [5.41, 5.74) is 2.13. The van der Waals surface area contributed by atoms with E-state index in [-0.39, 0.29) is 30.4 Å². The summed E-state index contributed by atoms with van der Waals surface area (Å²) in [4.78, 5) is 25.4. The molecule has 0 fully saturated rings. The third-order valence-corrected chi connectivity index (χ3v) is 2.24. The lowest BCUT2D eigenvalue weighted by Gasteiger charge is -2.07. The van der Waals surface area contributed by atoms with E-state index in [1.165, 1.54) is 12.1 Å². The first-order valence-corrected chi connectivity index (χ1v) is 5.71. The Labute approximate surface area is 109 Å². The Morgan fingerprint density at radius 3 is 2.84 bits per heavy atom. The largest absolute Gasteiger partial charge is 0.364 e. The van der Waals surface area contributed by atoms with Crippen molar-refractivity contribution in [3.05, 3.63) is 22.2 Å². The van der Waals surface area contributed by atoms with Crippen LogP contribution in [0, 0.1) is 10.1 Å². The van der Waals surface area contributed by atoms with Gasteiger partial charge in [-0.2, -0.15) is 0 Å². The molecule has 5 N–H and O–H groups in total. The van der Waals surface area contributed by atoms with Gasteiger partial charge in [-0.3, -0.25) is 14.9 Å². The SMILES string of the molecule is CCNC(=O)CCNc1nc(NN)ccc1[N+](=O)[O-]. The molecule has 1 amide bonds. The zero-order chi connectivity index (χ0) is 14.3. The van der Waals surface area contributed by atoms with E-state index in [2.05, 4.69) is 21.0 Å². The van der Waals surface area contributed by atoms with Gasteiger partial charge in [0, 0.05) is 25.6 Å². The van der Waals surface area contributed by atoms with Crippen molar-refractivity contribution < 1.29 is 9.72 Å². The molecule has 1 heterocycles. The quantitative estimate of drug-likeness (QED) is 0.315. The number of aromatic nitrogens is 1. The van der Waals surface area contributed by atoms with Crippen LogP contribution in [-0.2, 0) is 4.79 Å². The summed E-state index contributed by atoms with van der Waals surface area (Å²) < 4.78 is 0. The second-order valence-corrected chi connectivity index (χ2v) is 3.60. The average Bonchev–Trinajstić information content (AvgIpc) is 2.38. The average molecular weight is 268 g/mol. The van der Waals surface area contributed by atoms with Crippen LogP contribution in [0.4, 0.5) is 17.3 Å². The number of hydrazine groups is 1. The molecule has 0 spiro atoms. The van der Waals surface area contributed by atoms with E-state index in [1.807, 2.05) is 6.92 Å². The molecule has 0 saturated heterocycles. The van der Waals surface area contributed by atoms with E-state index in [4.69, 9.17) is 5.84 Å². The highest BCUT2D eigenvalue weighted by atomic mass is 16.6. The van der Waals surface area contributed by atoms with Crippen molar-refractivity contribution in [1.29, 1.82) is 0 Å². The van der Waals surface area contributed by atoms with E-state index in [1.54, 1.807) is 0 Å². The van der Waals surface area contributed by atoms with Crippen molar-refractivity contribution in [2.24, 2.45) is 5.84 Å². The summed E-state index contributed by atoms with van der Waals surface area (Å²) in [7, 11) is 0. The number of amides is 1. The Hall–Kier alpha value is -2.42. The van der Waals surface area contributed by atoms with Gasteiger partial charge in [-0.05, 0) is 13.0 Å². The van der Waals surface area contributed by atoms with Gasteiger partial charge in [0.1, 0.15) is 5.82 Å². The molecule has 0 aliphatic carbocycles. The van der Waals surface area contributed by atoms with Crippen LogP contribution in [0.2, 0.25) is 0 Å². The van der Waals surface area contributed by atoms with Gasteiger partial charge in [-0.15, -0.1) is 0 Å². The van der Waals surface area contributed by atoms with Crippen molar-refractivity contribution >= 4 is 23.2 Å². The van der Waals surface area contributed by atoms with Crippen LogP contribution in [0.15, 0.2) is 12.1 Å². The van der Waals surface area contributed by atoms with Crippen molar-refractivity contribution in [3.8, 4) is 0 Å². The first-order chi connectivity index (χ1) is 9.08. The second-order valence-electron chi connectivity index (χ2n) is 3.60. The number of pyridine rings is 1. The first kappa shape index (κ1) is 14.6. The standard InChI is InChI=1S/C10H16N6O3/c1-2-12-9(17)5-6-13-10-7(16(18)19)3-4-8(14-10)15-11/h3-4H,2,5-6,11H2,1H3,(H,12,17)(H2,13,14,15). The molecular formula is C10H16N6O3. The molecule has 0 saturated carbocycles. The van der Waals surface area contributed by atoms with Gasteiger partial charge in [-0.1, -0.05) is 0 Å². The van der Waals surface area contributed by atoms with Gasteiger partial charge in [-0.25, -0.2) is 10.8 Å². The summed E-state index contributed by atoms with van der Waals surface area (Å²) in [5, 5.41) is 16.2. The molecule has 9 nitrogen and oxygen atoms in total. The summed E-state index contributed by atoms with van der Waals surface area (Å²) in [6.07, 6.45) is 0.201. The third-order valence-electron chi connectivity index (χ3n) is 2.24. The number of anilines is 2. The van der Waals surface area contributed by atoms with Crippen molar-refractivity contribution in [1.82, 2.24) is 10.3 Å². The maximum absolute atomic E-state index is 11.2. The van der Waals surface area contributed by atoms with E-state index in [0.717, 1.165) is 0 Å². The number of carbonyl (C=O) groups is 1. The van der Waals surface area contributed by atoms with Crippen LogP contribution < -0.4 is 21.9 Å². The van der Waals surface area contributed by atoms with Gasteiger partial charge in [0.15, 0.2) is 0 Å². The molecule has 0 unspecified atom stereocenters. The lowest BCUT2D eigenvalue weighted by molar-refractivity contribution is -0.384. The molecule has 0 aliphatic heterocycles. The van der Waals surface area contributed by atoms with Gasteiger partial charge < -0.3 is 16.1 Å². The van der Waals surface area contributed by atoms with Crippen molar-refractivity contribution in [2.75, 3.05) is 23.8 Å². The van der Waals surface area contributed by atoms with Crippen molar-refractivity contribution in [2.45, 2.75) is 13.3 Å². The number of carbonyl (C=O) groups excluding carboxylic acids is 1. The van der Waals surface area contributed by atoms with Crippen LogP contribution in [0.25, 0.3) is 0 Å².